The van der Waals surface area contributed by atoms with E-state index in [1.54, 1.807) is 30.0 Å². The van der Waals surface area contributed by atoms with Crippen LogP contribution >= 0.6 is 23.1 Å². The molecule has 1 N–H and O–H groups in total. The molecule has 0 radical (unpaired) electrons. The third kappa shape index (κ3) is 4.33. The van der Waals surface area contributed by atoms with E-state index in [2.05, 4.69) is 23.6 Å². The molecule has 3 rings (SSSR count). The van der Waals surface area contributed by atoms with Gasteiger partial charge in [0.1, 0.15) is 16.5 Å². The predicted octanol–water partition coefficient (Wildman–Crippen LogP) is 5.12. The van der Waals surface area contributed by atoms with E-state index in [1.807, 2.05) is 0 Å². The highest BCUT2D eigenvalue weighted by atomic mass is 32.2. The van der Waals surface area contributed by atoms with Crippen molar-refractivity contribution in [2.75, 3.05) is 10.5 Å². The van der Waals surface area contributed by atoms with Gasteiger partial charge in [0.05, 0.1) is 15.9 Å². The zero-order valence-electron chi connectivity index (χ0n) is 14.0. The first-order chi connectivity index (χ1) is 12.2. The van der Waals surface area contributed by atoms with Gasteiger partial charge < -0.3 is 0 Å². The molecule has 0 fully saturated rings. The molecule has 138 valence electrons. The van der Waals surface area contributed by atoms with Crippen LogP contribution in [0.4, 0.5) is 14.5 Å². The number of rotatable bonds is 6. The highest BCUT2D eigenvalue weighted by Gasteiger charge is 2.20. The fraction of sp³-hybridized carbons (Fsp3) is 0.235. The van der Waals surface area contributed by atoms with Gasteiger partial charge in [-0.1, -0.05) is 25.6 Å². The summed E-state index contributed by atoms with van der Waals surface area (Å²) in [5, 5.41) is 0. The van der Waals surface area contributed by atoms with E-state index in [-0.39, 0.29) is 5.69 Å². The second-order valence-corrected chi connectivity index (χ2v) is 10.00. The minimum Gasteiger partial charge on any atom is -0.279 e. The van der Waals surface area contributed by atoms with Crippen molar-refractivity contribution in [2.24, 2.45) is 5.92 Å². The Bertz CT molecular complexity index is 1050. The number of aromatic nitrogens is 1. The fourth-order valence-electron chi connectivity index (χ4n) is 2.16. The summed E-state index contributed by atoms with van der Waals surface area (Å²) < 4.78 is 55.8. The lowest BCUT2D eigenvalue weighted by molar-refractivity contribution is 0.555. The summed E-state index contributed by atoms with van der Waals surface area (Å²) in [5.74, 6) is -0.352. The average Bonchev–Trinajstić information content (AvgIpc) is 2.97. The lowest BCUT2D eigenvalue weighted by Gasteiger charge is -2.09. The number of anilines is 1. The van der Waals surface area contributed by atoms with Crippen molar-refractivity contribution >= 4 is 49.0 Å². The minimum atomic E-state index is -4.24. The maximum absolute atomic E-state index is 13.8. The van der Waals surface area contributed by atoms with E-state index in [0.717, 1.165) is 32.4 Å². The summed E-state index contributed by atoms with van der Waals surface area (Å²) in [6, 6.07) is 7.20. The molecule has 0 bridgehead atoms. The standard InChI is InChI=1S/C17H16F2N2O2S3/c1-10(2)9-24-17-20-14-6-4-12(8-15(14)25-17)21-26(22,23)16-7-11(18)3-5-13(16)19/h3-8,10,21H,9H2,1-2H3. The lowest BCUT2D eigenvalue weighted by atomic mass is 10.3. The normalized spacial score (nSPS) is 12.0. The highest BCUT2D eigenvalue weighted by molar-refractivity contribution is 8.01. The molecule has 0 amide bonds. The van der Waals surface area contributed by atoms with Gasteiger partial charge >= 0.3 is 0 Å². The Labute approximate surface area is 158 Å². The first-order valence-electron chi connectivity index (χ1n) is 7.76. The number of nitrogens with one attached hydrogen (secondary N) is 1. The Hall–Kier alpha value is -1.71. The van der Waals surface area contributed by atoms with Crippen molar-refractivity contribution in [3.8, 4) is 0 Å². The first kappa shape index (κ1) is 19.1. The van der Waals surface area contributed by atoms with Crippen LogP contribution < -0.4 is 4.72 Å². The number of fused-ring (bicyclic) bond motifs is 1. The van der Waals surface area contributed by atoms with E-state index >= 15 is 0 Å². The van der Waals surface area contributed by atoms with Crippen molar-refractivity contribution in [3.63, 3.8) is 0 Å². The van der Waals surface area contributed by atoms with Crippen molar-refractivity contribution < 1.29 is 17.2 Å². The number of halogens is 2. The molecular formula is C17H16F2N2O2S3. The van der Waals surface area contributed by atoms with Crippen LogP contribution in [0.3, 0.4) is 0 Å². The third-order valence-electron chi connectivity index (χ3n) is 3.34. The Balaban J connectivity index is 1.87. The zero-order chi connectivity index (χ0) is 18.9. The Morgan fingerprint density at radius 1 is 1.19 bits per heavy atom. The number of hydrogen-bond donors (Lipinski definition) is 1. The lowest BCUT2D eigenvalue weighted by Crippen LogP contribution is -2.14. The van der Waals surface area contributed by atoms with Crippen LogP contribution in [0.2, 0.25) is 0 Å². The second-order valence-electron chi connectivity index (χ2n) is 6.05. The van der Waals surface area contributed by atoms with E-state index in [9.17, 15) is 17.2 Å². The molecule has 0 aliphatic rings. The third-order valence-corrected chi connectivity index (χ3v) is 7.33. The Morgan fingerprint density at radius 3 is 2.69 bits per heavy atom. The van der Waals surface area contributed by atoms with Crippen molar-refractivity contribution in [2.45, 2.75) is 23.1 Å². The van der Waals surface area contributed by atoms with Crippen LogP contribution in [0.25, 0.3) is 10.2 Å². The van der Waals surface area contributed by atoms with E-state index < -0.39 is 26.6 Å². The number of sulfonamides is 1. The SMILES string of the molecule is CC(C)CSc1nc2ccc(NS(=O)(=O)c3cc(F)ccc3F)cc2s1. The number of nitrogens with zero attached hydrogens (tertiary/aromatic N) is 1. The zero-order valence-corrected chi connectivity index (χ0v) is 16.4. The van der Waals surface area contributed by atoms with E-state index in [0.29, 0.717) is 12.0 Å². The fourth-order valence-corrected chi connectivity index (χ4v) is 5.38. The molecule has 0 saturated carbocycles. The van der Waals surface area contributed by atoms with Crippen molar-refractivity contribution in [1.29, 1.82) is 0 Å². The van der Waals surface area contributed by atoms with Crippen LogP contribution in [-0.2, 0) is 10.0 Å². The summed E-state index contributed by atoms with van der Waals surface area (Å²) in [6.45, 7) is 4.25. The maximum atomic E-state index is 13.8. The van der Waals surface area contributed by atoms with Gasteiger partial charge in [0.15, 0.2) is 4.34 Å². The van der Waals surface area contributed by atoms with Gasteiger partial charge in [-0.05, 0) is 42.3 Å². The number of hydrogen-bond acceptors (Lipinski definition) is 5. The van der Waals surface area contributed by atoms with Crippen molar-refractivity contribution in [1.82, 2.24) is 4.98 Å². The summed E-state index contributed by atoms with van der Waals surface area (Å²) in [5.41, 5.74) is 1.03. The van der Waals surface area contributed by atoms with E-state index in [1.165, 1.54) is 11.3 Å². The minimum absolute atomic E-state index is 0.269. The molecule has 4 nitrogen and oxygen atoms in total. The molecule has 0 aliphatic heterocycles. The van der Waals surface area contributed by atoms with Crippen LogP contribution in [-0.4, -0.2) is 19.2 Å². The molecule has 0 atom stereocenters. The number of benzene rings is 2. The number of thiazole rings is 1. The quantitative estimate of drug-likeness (QED) is 0.569. The largest absolute Gasteiger partial charge is 0.279 e. The number of thioether (sulfide) groups is 1. The highest BCUT2D eigenvalue weighted by Crippen LogP contribution is 2.32. The van der Waals surface area contributed by atoms with Crippen LogP contribution in [0.5, 0.6) is 0 Å². The molecule has 3 aromatic rings. The van der Waals surface area contributed by atoms with Crippen LogP contribution in [0, 0.1) is 17.6 Å². The topological polar surface area (TPSA) is 59.1 Å². The molecule has 1 heterocycles. The molecule has 0 unspecified atom stereocenters. The molecule has 0 spiro atoms. The molecule has 9 heteroatoms. The smallest absolute Gasteiger partial charge is 0.264 e. The second kappa shape index (κ2) is 7.50. The van der Waals surface area contributed by atoms with Gasteiger partial charge in [-0.2, -0.15) is 0 Å². The van der Waals surface area contributed by atoms with Gasteiger partial charge in [0, 0.05) is 5.75 Å². The van der Waals surface area contributed by atoms with Gasteiger partial charge in [-0.15, -0.1) is 11.3 Å². The van der Waals surface area contributed by atoms with Gasteiger partial charge in [0.2, 0.25) is 0 Å². The van der Waals surface area contributed by atoms with Crippen LogP contribution in [0.15, 0.2) is 45.6 Å². The summed E-state index contributed by atoms with van der Waals surface area (Å²) in [4.78, 5) is 3.77. The van der Waals surface area contributed by atoms with Gasteiger partial charge in [-0.25, -0.2) is 22.2 Å². The summed E-state index contributed by atoms with van der Waals surface area (Å²) >= 11 is 3.11. The summed E-state index contributed by atoms with van der Waals surface area (Å²) in [7, 11) is -4.24. The molecular weight excluding hydrogens is 398 g/mol. The summed E-state index contributed by atoms with van der Waals surface area (Å²) in [6.07, 6.45) is 0. The predicted molar refractivity (Wildman–Crippen MR) is 102 cm³/mol. The molecule has 0 saturated heterocycles. The average molecular weight is 415 g/mol. The first-order valence-corrected chi connectivity index (χ1v) is 11.0. The Morgan fingerprint density at radius 2 is 1.96 bits per heavy atom. The van der Waals surface area contributed by atoms with Gasteiger partial charge in [-0.3, -0.25) is 4.72 Å². The molecule has 1 aromatic heterocycles. The maximum Gasteiger partial charge on any atom is 0.264 e. The van der Waals surface area contributed by atoms with Crippen molar-refractivity contribution in [3.05, 3.63) is 48.0 Å². The molecule has 0 aliphatic carbocycles. The molecule has 2 aromatic carbocycles. The Kier molecular flexibility index (Phi) is 5.50. The van der Waals surface area contributed by atoms with Gasteiger partial charge in [0.25, 0.3) is 10.0 Å². The molecule has 26 heavy (non-hydrogen) atoms. The van der Waals surface area contributed by atoms with Crippen LogP contribution in [0.1, 0.15) is 13.8 Å². The van der Waals surface area contributed by atoms with E-state index in [4.69, 9.17) is 0 Å². The monoisotopic (exact) mass is 414 g/mol.